The number of rotatable bonds is 3. The Morgan fingerprint density at radius 1 is 1.50 bits per heavy atom. The van der Waals surface area contributed by atoms with Gasteiger partial charge in [-0.15, -0.1) is 0 Å². The lowest BCUT2D eigenvalue weighted by Gasteiger charge is -2.22. The minimum Gasteiger partial charge on any atom is -0.480 e. The molecule has 0 saturated carbocycles. The molecule has 0 aliphatic carbocycles. The molecule has 0 aromatic rings. The average molecular weight is 199 g/mol. The first-order chi connectivity index (χ1) is 6.49. The van der Waals surface area contributed by atoms with E-state index < -0.39 is 12.0 Å². The molecule has 3 atom stereocenters. The molecular formula is C10H17NO3. The first-order valence-corrected chi connectivity index (χ1v) is 4.94. The van der Waals surface area contributed by atoms with Crippen molar-refractivity contribution < 1.29 is 14.7 Å². The zero-order valence-electron chi connectivity index (χ0n) is 8.86. The molecule has 1 aliphatic rings. The van der Waals surface area contributed by atoms with Crippen LogP contribution in [0.3, 0.4) is 0 Å². The van der Waals surface area contributed by atoms with Crippen LogP contribution < -0.4 is 0 Å². The number of carbonyl (C=O) groups is 2. The monoisotopic (exact) mass is 199 g/mol. The highest BCUT2D eigenvalue weighted by molar-refractivity contribution is 5.84. The first kappa shape index (κ1) is 11.2. The van der Waals surface area contributed by atoms with Gasteiger partial charge in [0.1, 0.15) is 11.8 Å². The van der Waals surface area contributed by atoms with Crippen LogP contribution in [0.2, 0.25) is 0 Å². The Balaban J connectivity index is 2.84. The number of aliphatic carboxylic acids is 1. The van der Waals surface area contributed by atoms with Crippen molar-refractivity contribution in [2.75, 3.05) is 7.05 Å². The largest absolute Gasteiger partial charge is 0.480 e. The zero-order chi connectivity index (χ0) is 10.9. The number of hydrogen-bond acceptors (Lipinski definition) is 3. The van der Waals surface area contributed by atoms with E-state index in [1.54, 1.807) is 11.9 Å². The average Bonchev–Trinajstić information content (AvgIpc) is 2.42. The standard InChI is InChI=1S/C10H17NO3/c1-4-7-5-8(6(2)12)11(3)9(7)10(13)14/h7-9H,4-5H2,1-3H3,(H,13,14)/t7-,8-,9-/m1/s1. The van der Waals surface area contributed by atoms with Gasteiger partial charge in [-0.05, 0) is 26.3 Å². The van der Waals surface area contributed by atoms with Crippen molar-refractivity contribution in [1.82, 2.24) is 4.90 Å². The third kappa shape index (κ3) is 1.80. The fourth-order valence-electron chi connectivity index (χ4n) is 2.33. The van der Waals surface area contributed by atoms with Crippen LogP contribution in [0.5, 0.6) is 0 Å². The van der Waals surface area contributed by atoms with Gasteiger partial charge in [-0.1, -0.05) is 13.3 Å². The molecule has 0 unspecified atom stereocenters. The zero-order valence-corrected chi connectivity index (χ0v) is 8.86. The molecule has 1 fully saturated rings. The number of carboxylic acids is 1. The summed E-state index contributed by atoms with van der Waals surface area (Å²) in [4.78, 5) is 23.9. The van der Waals surface area contributed by atoms with Gasteiger partial charge in [0.25, 0.3) is 0 Å². The fraction of sp³-hybridized carbons (Fsp3) is 0.800. The maximum absolute atomic E-state index is 11.3. The summed E-state index contributed by atoms with van der Waals surface area (Å²) in [6.45, 7) is 3.50. The molecule has 0 amide bonds. The van der Waals surface area contributed by atoms with E-state index in [4.69, 9.17) is 5.11 Å². The number of likely N-dealkylation sites (tertiary alicyclic amines) is 1. The van der Waals surface area contributed by atoms with Gasteiger partial charge in [0.15, 0.2) is 0 Å². The molecule has 80 valence electrons. The topological polar surface area (TPSA) is 57.6 Å². The molecule has 0 bridgehead atoms. The lowest BCUT2D eigenvalue weighted by atomic mass is 9.95. The lowest BCUT2D eigenvalue weighted by molar-refractivity contribution is -0.143. The van der Waals surface area contributed by atoms with Crippen molar-refractivity contribution in [1.29, 1.82) is 0 Å². The Morgan fingerprint density at radius 2 is 2.07 bits per heavy atom. The Hall–Kier alpha value is -0.900. The molecule has 0 radical (unpaired) electrons. The van der Waals surface area contributed by atoms with Gasteiger partial charge in [-0.3, -0.25) is 14.5 Å². The SMILES string of the molecule is CC[C@@H]1C[C@H](C(C)=O)N(C)[C@H]1C(=O)O. The van der Waals surface area contributed by atoms with Gasteiger partial charge in [0.05, 0.1) is 6.04 Å². The van der Waals surface area contributed by atoms with Gasteiger partial charge < -0.3 is 5.11 Å². The van der Waals surface area contributed by atoms with Gasteiger partial charge in [-0.2, -0.15) is 0 Å². The van der Waals surface area contributed by atoms with Crippen molar-refractivity contribution in [2.24, 2.45) is 5.92 Å². The first-order valence-electron chi connectivity index (χ1n) is 4.94. The fourth-order valence-corrected chi connectivity index (χ4v) is 2.33. The van der Waals surface area contributed by atoms with E-state index in [1.165, 1.54) is 6.92 Å². The smallest absolute Gasteiger partial charge is 0.321 e. The van der Waals surface area contributed by atoms with E-state index in [0.717, 1.165) is 6.42 Å². The Kier molecular flexibility index (Phi) is 3.26. The van der Waals surface area contributed by atoms with Gasteiger partial charge in [0.2, 0.25) is 0 Å². The van der Waals surface area contributed by atoms with E-state index in [1.807, 2.05) is 6.92 Å². The Morgan fingerprint density at radius 3 is 2.36 bits per heavy atom. The van der Waals surface area contributed by atoms with Crippen molar-refractivity contribution in [3.8, 4) is 0 Å². The summed E-state index contributed by atoms with van der Waals surface area (Å²) < 4.78 is 0. The number of carboxylic acid groups (broad SMARTS) is 1. The molecule has 4 heteroatoms. The number of carbonyl (C=O) groups excluding carboxylic acids is 1. The number of hydrogen-bond donors (Lipinski definition) is 1. The second-order valence-corrected chi connectivity index (χ2v) is 3.98. The van der Waals surface area contributed by atoms with Crippen LogP contribution in [0.1, 0.15) is 26.7 Å². The minimum atomic E-state index is -0.817. The molecule has 0 spiro atoms. The van der Waals surface area contributed by atoms with E-state index in [9.17, 15) is 9.59 Å². The maximum atomic E-state index is 11.3. The van der Waals surface area contributed by atoms with Gasteiger partial charge >= 0.3 is 5.97 Å². The highest BCUT2D eigenvalue weighted by atomic mass is 16.4. The molecule has 1 aliphatic heterocycles. The summed E-state index contributed by atoms with van der Waals surface area (Å²) in [6, 6.07) is -0.699. The molecule has 14 heavy (non-hydrogen) atoms. The van der Waals surface area contributed by atoms with Gasteiger partial charge in [0, 0.05) is 0 Å². The van der Waals surface area contributed by atoms with Gasteiger partial charge in [-0.25, -0.2) is 0 Å². The number of Topliss-reactive ketones (excluding diaryl/α,β-unsaturated/α-hetero) is 1. The molecule has 1 rings (SSSR count). The van der Waals surface area contributed by atoms with Crippen molar-refractivity contribution in [3.05, 3.63) is 0 Å². The van der Waals surface area contributed by atoms with Crippen LogP contribution in [0, 0.1) is 5.92 Å². The summed E-state index contributed by atoms with van der Waals surface area (Å²) in [7, 11) is 1.72. The number of nitrogens with zero attached hydrogens (tertiary/aromatic N) is 1. The van der Waals surface area contributed by atoms with Crippen LogP contribution in [0.15, 0.2) is 0 Å². The second-order valence-electron chi connectivity index (χ2n) is 3.98. The van der Waals surface area contributed by atoms with Crippen LogP contribution >= 0.6 is 0 Å². The highest BCUT2D eigenvalue weighted by Crippen LogP contribution is 2.31. The summed E-state index contributed by atoms with van der Waals surface area (Å²) in [6.07, 6.45) is 1.49. The van der Waals surface area contributed by atoms with Crippen molar-refractivity contribution in [2.45, 2.75) is 38.8 Å². The van der Waals surface area contributed by atoms with Crippen LogP contribution in [0.25, 0.3) is 0 Å². The summed E-state index contributed by atoms with van der Waals surface area (Å²) >= 11 is 0. The normalized spacial score (nSPS) is 33.2. The minimum absolute atomic E-state index is 0.0645. The molecule has 0 aromatic carbocycles. The van der Waals surface area contributed by atoms with E-state index >= 15 is 0 Å². The van der Waals surface area contributed by atoms with Crippen LogP contribution in [-0.4, -0.2) is 40.9 Å². The van der Waals surface area contributed by atoms with Crippen LogP contribution in [-0.2, 0) is 9.59 Å². The van der Waals surface area contributed by atoms with Crippen molar-refractivity contribution in [3.63, 3.8) is 0 Å². The molecule has 1 saturated heterocycles. The predicted molar refractivity (Wildman–Crippen MR) is 52.1 cm³/mol. The third-order valence-corrected chi connectivity index (χ3v) is 3.15. The Bertz CT molecular complexity index is 252. The Labute approximate surface area is 83.9 Å². The maximum Gasteiger partial charge on any atom is 0.321 e. The number of likely N-dealkylation sites (N-methyl/N-ethyl adjacent to an activating group) is 1. The highest BCUT2D eigenvalue weighted by Gasteiger charge is 2.43. The summed E-state index contributed by atoms with van der Waals surface area (Å²) in [5.74, 6) is -0.649. The summed E-state index contributed by atoms with van der Waals surface area (Å²) in [5, 5.41) is 9.03. The molecular weight excluding hydrogens is 182 g/mol. The lowest BCUT2D eigenvalue weighted by Crippen LogP contribution is -2.42. The molecule has 0 aromatic heterocycles. The third-order valence-electron chi connectivity index (χ3n) is 3.15. The predicted octanol–water partition coefficient (Wildman–Crippen LogP) is 0.759. The van der Waals surface area contributed by atoms with E-state index in [-0.39, 0.29) is 17.7 Å². The van der Waals surface area contributed by atoms with Crippen molar-refractivity contribution >= 4 is 11.8 Å². The second kappa shape index (κ2) is 4.09. The molecule has 1 N–H and O–H groups in total. The van der Waals surface area contributed by atoms with E-state index in [0.29, 0.717) is 6.42 Å². The summed E-state index contributed by atoms with van der Waals surface area (Å²) in [5.41, 5.74) is 0. The molecule has 1 heterocycles. The quantitative estimate of drug-likeness (QED) is 0.729. The van der Waals surface area contributed by atoms with Crippen LogP contribution in [0.4, 0.5) is 0 Å². The molecule has 4 nitrogen and oxygen atoms in total. The van der Waals surface area contributed by atoms with E-state index in [2.05, 4.69) is 0 Å². The number of ketones is 1.